The van der Waals surface area contributed by atoms with E-state index in [2.05, 4.69) is 6.92 Å². The molecule has 2 heterocycles. The second-order valence-electron chi connectivity index (χ2n) is 8.42. The molecule has 154 valence electrons. The van der Waals surface area contributed by atoms with Crippen LogP contribution in [0.25, 0.3) is 10.2 Å². The molecule has 0 fully saturated rings. The van der Waals surface area contributed by atoms with E-state index in [0.717, 1.165) is 22.4 Å². The van der Waals surface area contributed by atoms with Gasteiger partial charge in [-0.1, -0.05) is 69.3 Å². The van der Waals surface area contributed by atoms with Crippen LogP contribution in [0.4, 0.5) is 0 Å². The summed E-state index contributed by atoms with van der Waals surface area (Å²) in [5, 5.41) is 1.33. The molecule has 0 aliphatic carbocycles. The largest absolute Gasteiger partial charge is 0.298 e. The Bertz CT molecular complexity index is 1100. The lowest BCUT2D eigenvalue weighted by molar-refractivity contribution is -0.123. The third-order valence-electron chi connectivity index (χ3n) is 5.07. The number of rotatable bonds is 6. The van der Waals surface area contributed by atoms with E-state index >= 15 is 0 Å². The maximum Gasteiger partial charge on any atom is 0.263 e. The predicted octanol–water partition coefficient (Wildman–Crippen LogP) is 5.39. The van der Waals surface area contributed by atoms with E-state index in [1.807, 2.05) is 58.9 Å². The molecule has 0 atom stereocenters. The second kappa shape index (κ2) is 8.44. The summed E-state index contributed by atoms with van der Waals surface area (Å²) < 4.78 is 1.73. The van der Waals surface area contributed by atoms with Crippen molar-refractivity contribution in [1.82, 2.24) is 9.55 Å². The summed E-state index contributed by atoms with van der Waals surface area (Å²) >= 11 is 2.95. The number of Topliss-reactive ketones (excluding diaryl/α,β-unsaturated/α-hetero) is 1. The highest BCUT2D eigenvalue weighted by molar-refractivity contribution is 7.99. The number of carbonyl (C=O) groups excluding carboxylic acids is 1. The van der Waals surface area contributed by atoms with Crippen LogP contribution in [0.2, 0.25) is 0 Å². The molecule has 0 aliphatic heterocycles. The molecule has 3 aromatic rings. The standard InChI is InChI=1S/C23H28N2O2S2/c1-7-17-15(3)19-20(29-17)24-22(28-13-18(26)23(4,5)6)25(21(19)27)12-16-10-8-14(2)9-11-16/h8-11H,7,12-13H2,1-6H3. The highest BCUT2D eigenvalue weighted by atomic mass is 32.2. The van der Waals surface area contributed by atoms with E-state index in [-0.39, 0.29) is 11.3 Å². The first-order chi connectivity index (χ1) is 13.6. The van der Waals surface area contributed by atoms with Crippen LogP contribution in [-0.2, 0) is 17.8 Å². The molecule has 0 radical (unpaired) electrons. The van der Waals surface area contributed by atoms with E-state index in [0.29, 0.717) is 22.8 Å². The quantitative estimate of drug-likeness (QED) is 0.390. The van der Waals surface area contributed by atoms with Gasteiger partial charge in [0.1, 0.15) is 10.6 Å². The fourth-order valence-electron chi connectivity index (χ4n) is 3.05. The molecule has 1 aromatic carbocycles. The van der Waals surface area contributed by atoms with E-state index in [4.69, 9.17) is 4.98 Å². The van der Waals surface area contributed by atoms with Crippen molar-refractivity contribution in [3.05, 3.63) is 56.2 Å². The summed E-state index contributed by atoms with van der Waals surface area (Å²) in [5.74, 6) is 0.454. The molecule has 6 heteroatoms. The van der Waals surface area contributed by atoms with Crippen LogP contribution in [0.1, 0.15) is 49.3 Å². The number of thiophene rings is 1. The average molecular weight is 429 g/mol. The average Bonchev–Trinajstić information content (AvgIpc) is 2.98. The Hall–Kier alpha value is -1.92. The predicted molar refractivity (Wildman–Crippen MR) is 123 cm³/mol. The highest BCUT2D eigenvalue weighted by Gasteiger charge is 2.23. The van der Waals surface area contributed by atoms with Gasteiger partial charge in [-0.25, -0.2) is 4.98 Å². The van der Waals surface area contributed by atoms with E-state index in [9.17, 15) is 9.59 Å². The molecule has 29 heavy (non-hydrogen) atoms. The van der Waals surface area contributed by atoms with Crippen molar-refractivity contribution in [3.63, 3.8) is 0 Å². The zero-order valence-electron chi connectivity index (χ0n) is 18.0. The molecule has 0 saturated heterocycles. The van der Waals surface area contributed by atoms with Gasteiger partial charge in [0.15, 0.2) is 5.16 Å². The van der Waals surface area contributed by atoms with Crippen LogP contribution in [-0.4, -0.2) is 21.1 Å². The summed E-state index contributed by atoms with van der Waals surface area (Å²) in [6.45, 7) is 12.4. The zero-order chi connectivity index (χ0) is 21.3. The van der Waals surface area contributed by atoms with E-state index in [1.54, 1.807) is 15.9 Å². The molecule has 0 saturated carbocycles. The lowest BCUT2D eigenvalue weighted by Crippen LogP contribution is -2.26. The molecule has 2 aromatic heterocycles. The van der Waals surface area contributed by atoms with Crippen molar-refractivity contribution in [2.24, 2.45) is 5.41 Å². The first-order valence-electron chi connectivity index (χ1n) is 9.86. The number of aromatic nitrogens is 2. The molecule has 0 N–H and O–H groups in total. The molecule has 3 rings (SSSR count). The van der Waals surface area contributed by atoms with Crippen molar-refractivity contribution in [2.45, 2.75) is 59.7 Å². The number of ketones is 1. The summed E-state index contributed by atoms with van der Waals surface area (Å²) in [6, 6.07) is 8.18. The zero-order valence-corrected chi connectivity index (χ0v) is 19.6. The maximum absolute atomic E-state index is 13.4. The van der Waals surface area contributed by atoms with Gasteiger partial charge in [-0.05, 0) is 31.4 Å². The fourth-order valence-corrected chi connectivity index (χ4v) is 5.37. The minimum atomic E-state index is -0.409. The lowest BCUT2D eigenvalue weighted by Gasteiger charge is -2.17. The van der Waals surface area contributed by atoms with Crippen LogP contribution in [0.5, 0.6) is 0 Å². The molecule has 4 nitrogen and oxygen atoms in total. The van der Waals surface area contributed by atoms with Gasteiger partial charge in [0.25, 0.3) is 5.56 Å². The number of hydrogen-bond acceptors (Lipinski definition) is 5. The summed E-state index contributed by atoms with van der Waals surface area (Å²) in [7, 11) is 0. The van der Waals surface area contributed by atoms with Gasteiger partial charge in [0.05, 0.1) is 17.7 Å². The van der Waals surface area contributed by atoms with Crippen LogP contribution in [0.15, 0.2) is 34.2 Å². The Kier molecular flexibility index (Phi) is 6.34. The number of benzene rings is 1. The summed E-state index contributed by atoms with van der Waals surface area (Å²) in [5.41, 5.74) is 2.83. The van der Waals surface area contributed by atoms with Crippen molar-refractivity contribution < 1.29 is 4.79 Å². The first-order valence-corrected chi connectivity index (χ1v) is 11.7. The number of carbonyl (C=O) groups is 1. The van der Waals surface area contributed by atoms with Crippen molar-refractivity contribution in [1.29, 1.82) is 0 Å². The number of thioether (sulfide) groups is 1. The molecule has 0 spiro atoms. The monoisotopic (exact) mass is 428 g/mol. The number of fused-ring (bicyclic) bond motifs is 1. The minimum absolute atomic E-state index is 0.0188. The molecule has 0 bridgehead atoms. The van der Waals surface area contributed by atoms with Gasteiger partial charge < -0.3 is 0 Å². The maximum atomic E-state index is 13.4. The second-order valence-corrected chi connectivity index (χ2v) is 10.4. The molecule has 0 aliphatic rings. The summed E-state index contributed by atoms with van der Waals surface area (Å²) in [4.78, 5) is 32.7. The summed E-state index contributed by atoms with van der Waals surface area (Å²) in [6.07, 6.45) is 0.884. The smallest absolute Gasteiger partial charge is 0.263 e. The van der Waals surface area contributed by atoms with Crippen molar-refractivity contribution in [3.8, 4) is 0 Å². The Morgan fingerprint density at radius 2 is 1.83 bits per heavy atom. The van der Waals surface area contributed by atoms with Gasteiger partial charge >= 0.3 is 0 Å². The van der Waals surface area contributed by atoms with Crippen LogP contribution in [0, 0.1) is 19.3 Å². The third kappa shape index (κ3) is 4.64. The van der Waals surface area contributed by atoms with Crippen molar-refractivity contribution >= 4 is 39.1 Å². The van der Waals surface area contributed by atoms with Crippen LogP contribution >= 0.6 is 23.1 Å². The fraction of sp³-hybridized carbons (Fsp3) is 0.435. The Balaban J connectivity index is 2.09. The Morgan fingerprint density at radius 3 is 2.41 bits per heavy atom. The topological polar surface area (TPSA) is 52.0 Å². The van der Waals surface area contributed by atoms with Gasteiger partial charge in [-0.3, -0.25) is 14.2 Å². The Morgan fingerprint density at radius 1 is 1.17 bits per heavy atom. The highest BCUT2D eigenvalue weighted by Crippen LogP contribution is 2.30. The SMILES string of the molecule is CCc1sc2nc(SCC(=O)C(C)(C)C)n(Cc3ccc(C)cc3)c(=O)c2c1C. The first kappa shape index (κ1) is 21.8. The van der Waals surface area contributed by atoms with Gasteiger partial charge in [0.2, 0.25) is 0 Å². The normalized spacial score (nSPS) is 11.9. The van der Waals surface area contributed by atoms with Crippen LogP contribution in [0.3, 0.4) is 0 Å². The number of hydrogen-bond donors (Lipinski definition) is 0. The molecule has 0 unspecified atom stereocenters. The lowest BCUT2D eigenvalue weighted by atomic mass is 9.92. The van der Waals surface area contributed by atoms with Gasteiger partial charge in [-0.2, -0.15) is 0 Å². The Labute approximate surface area is 180 Å². The minimum Gasteiger partial charge on any atom is -0.298 e. The molecular weight excluding hydrogens is 400 g/mol. The van der Waals surface area contributed by atoms with Crippen LogP contribution < -0.4 is 5.56 Å². The molecular formula is C23H28N2O2S2. The third-order valence-corrected chi connectivity index (χ3v) is 7.37. The van der Waals surface area contributed by atoms with Gasteiger partial charge in [-0.15, -0.1) is 11.3 Å². The van der Waals surface area contributed by atoms with Gasteiger partial charge in [0, 0.05) is 10.3 Å². The number of nitrogens with zero attached hydrogens (tertiary/aromatic N) is 2. The van der Waals surface area contributed by atoms with E-state index < -0.39 is 5.41 Å². The van der Waals surface area contributed by atoms with Crippen molar-refractivity contribution in [2.75, 3.05) is 5.75 Å². The molecule has 0 amide bonds. The van der Waals surface area contributed by atoms with E-state index in [1.165, 1.54) is 22.2 Å². The number of aryl methyl sites for hydroxylation is 3.